The van der Waals surface area contributed by atoms with Gasteiger partial charge in [0.2, 0.25) is 0 Å². The highest BCUT2D eigenvalue weighted by molar-refractivity contribution is 5.80. The first-order valence-electron chi connectivity index (χ1n) is 4.79. The highest BCUT2D eigenvalue weighted by Crippen LogP contribution is 2.23. The molecule has 1 heterocycles. The maximum atomic E-state index is 10.8. The molecular weight excluding hydrogens is 200 g/mol. The van der Waals surface area contributed by atoms with Crippen LogP contribution in [-0.4, -0.2) is 65.3 Å². The van der Waals surface area contributed by atoms with Gasteiger partial charge in [0, 0.05) is 13.1 Å². The minimum atomic E-state index is -1.15. The van der Waals surface area contributed by atoms with Gasteiger partial charge in [0.15, 0.2) is 0 Å². The summed E-state index contributed by atoms with van der Waals surface area (Å²) in [5.41, 5.74) is 0. The summed E-state index contributed by atoms with van der Waals surface area (Å²) in [7, 11) is 3.78. The smallest absolute Gasteiger partial charge is 0.408 e. The molecule has 15 heavy (non-hydrogen) atoms. The number of carboxylic acids is 1. The van der Waals surface area contributed by atoms with Gasteiger partial charge in [0.05, 0.1) is 0 Å². The molecular formula is C9H16N2O4. The Morgan fingerprint density at radius 2 is 2.00 bits per heavy atom. The van der Waals surface area contributed by atoms with Gasteiger partial charge in [-0.3, -0.25) is 4.90 Å². The second-order valence-corrected chi connectivity index (χ2v) is 4.15. The molecule has 86 valence electrons. The molecule has 0 bridgehead atoms. The van der Waals surface area contributed by atoms with Crippen molar-refractivity contribution in [1.82, 2.24) is 9.80 Å². The largest absolute Gasteiger partial charge is 0.480 e. The fourth-order valence-corrected chi connectivity index (χ4v) is 2.02. The van der Waals surface area contributed by atoms with E-state index in [0.717, 1.165) is 4.90 Å². The summed E-state index contributed by atoms with van der Waals surface area (Å²) in [6.07, 6.45) is -0.747. The molecule has 6 nitrogen and oxygen atoms in total. The number of amides is 1. The first kappa shape index (κ1) is 11.8. The van der Waals surface area contributed by atoms with E-state index in [2.05, 4.69) is 0 Å². The second-order valence-electron chi connectivity index (χ2n) is 4.15. The zero-order valence-corrected chi connectivity index (χ0v) is 8.88. The van der Waals surface area contributed by atoms with E-state index in [1.165, 1.54) is 0 Å². The van der Waals surface area contributed by atoms with Crippen LogP contribution in [0.5, 0.6) is 0 Å². The Hall–Kier alpha value is -1.30. The number of carbonyl (C=O) groups is 2. The van der Waals surface area contributed by atoms with Gasteiger partial charge in [-0.05, 0) is 26.4 Å². The van der Waals surface area contributed by atoms with Gasteiger partial charge in [-0.15, -0.1) is 0 Å². The molecule has 1 rings (SSSR count). The highest BCUT2D eigenvalue weighted by atomic mass is 16.4. The Labute approximate surface area is 88.1 Å². The van der Waals surface area contributed by atoms with Crippen molar-refractivity contribution in [3.05, 3.63) is 0 Å². The number of rotatable bonds is 3. The third kappa shape index (κ3) is 2.82. The van der Waals surface area contributed by atoms with Crippen LogP contribution in [0, 0.1) is 5.92 Å². The molecule has 6 heteroatoms. The predicted molar refractivity (Wildman–Crippen MR) is 52.8 cm³/mol. The fourth-order valence-electron chi connectivity index (χ4n) is 2.02. The van der Waals surface area contributed by atoms with Crippen molar-refractivity contribution >= 4 is 12.1 Å². The molecule has 0 aromatic rings. The van der Waals surface area contributed by atoms with E-state index in [-0.39, 0.29) is 5.92 Å². The van der Waals surface area contributed by atoms with E-state index in [4.69, 9.17) is 10.2 Å². The maximum Gasteiger partial charge on any atom is 0.408 e. The van der Waals surface area contributed by atoms with Gasteiger partial charge in [-0.1, -0.05) is 0 Å². The predicted octanol–water partition coefficient (Wildman–Crippen LogP) is 0.00110. The molecule has 0 aromatic heterocycles. The van der Waals surface area contributed by atoms with Crippen LogP contribution in [0.3, 0.4) is 0 Å². The molecule has 2 N–H and O–H groups in total. The van der Waals surface area contributed by atoms with Crippen LogP contribution in [0.1, 0.15) is 6.42 Å². The Morgan fingerprint density at radius 1 is 1.40 bits per heavy atom. The average molecular weight is 216 g/mol. The number of hydrogen-bond acceptors (Lipinski definition) is 3. The zero-order chi connectivity index (χ0) is 11.6. The van der Waals surface area contributed by atoms with Crippen LogP contribution in [0.15, 0.2) is 0 Å². The standard InChI is InChI=1S/C9H16N2O4/c1-10(2)4-6-3-7(8(12)13)11(5-6)9(14)15/h6-7H,3-5H2,1-2H3,(H,12,13)(H,14,15)/t6-,7+/m1/s1. The Balaban J connectivity index is 2.65. The van der Waals surface area contributed by atoms with Gasteiger partial charge in [0.25, 0.3) is 0 Å². The minimum Gasteiger partial charge on any atom is -0.480 e. The lowest BCUT2D eigenvalue weighted by Crippen LogP contribution is -2.39. The maximum absolute atomic E-state index is 10.8. The number of hydrogen-bond donors (Lipinski definition) is 2. The molecule has 0 spiro atoms. The van der Waals surface area contributed by atoms with Crippen LogP contribution in [0.4, 0.5) is 4.79 Å². The SMILES string of the molecule is CN(C)C[C@H]1C[C@@H](C(=O)O)N(C(=O)O)C1. The highest BCUT2D eigenvalue weighted by Gasteiger charge is 2.39. The van der Waals surface area contributed by atoms with Crippen LogP contribution < -0.4 is 0 Å². The minimum absolute atomic E-state index is 0.109. The third-order valence-electron chi connectivity index (χ3n) is 2.54. The van der Waals surface area contributed by atoms with Crippen LogP contribution in [0.2, 0.25) is 0 Å². The van der Waals surface area contributed by atoms with Gasteiger partial charge in [-0.25, -0.2) is 9.59 Å². The lowest BCUT2D eigenvalue weighted by atomic mass is 10.1. The number of likely N-dealkylation sites (tertiary alicyclic amines) is 1. The zero-order valence-electron chi connectivity index (χ0n) is 8.88. The van der Waals surface area contributed by atoms with Crippen molar-refractivity contribution in [2.75, 3.05) is 27.2 Å². The first-order valence-corrected chi connectivity index (χ1v) is 4.79. The van der Waals surface area contributed by atoms with Crippen LogP contribution >= 0.6 is 0 Å². The van der Waals surface area contributed by atoms with E-state index in [9.17, 15) is 9.59 Å². The summed E-state index contributed by atoms with van der Waals surface area (Å²) in [5.74, 6) is -0.948. The van der Waals surface area contributed by atoms with E-state index < -0.39 is 18.1 Å². The Bertz CT molecular complexity index is 245. The lowest BCUT2D eigenvalue weighted by Gasteiger charge is -2.17. The van der Waals surface area contributed by atoms with Gasteiger partial charge in [-0.2, -0.15) is 0 Å². The monoisotopic (exact) mass is 216 g/mol. The summed E-state index contributed by atoms with van der Waals surface area (Å²) < 4.78 is 0. The van der Waals surface area contributed by atoms with E-state index in [1.807, 2.05) is 19.0 Å². The molecule has 1 aliphatic heterocycles. The first-order chi connectivity index (χ1) is 6.91. The topological polar surface area (TPSA) is 81.1 Å². The molecule has 0 saturated carbocycles. The molecule has 0 radical (unpaired) electrons. The van der Waals surface area contributed by atoms with E-state index >= 15 is 0 Å². The average Bonchev–Trinajstić information content (AvgIpc) is 2.46. The van der Waals surface area contributed by atoms with Gasteiger partial charge in [0.1, 0.15) is 6.04 Å². The molecule has 0 unspecified atom stereocenters. The summed E-state index contributed by atoms with van der Waals surface area (Å²) >= 11 is 0. The normalized spacial score (nSPS) is 25.9. The number of carboxylic acid groups (broad SMARTS) is 2. The molecule has 2 atom stereocenters. The van der Waals surface area contributed by atoms with Gasteiger partial charge >= 0.3 is 12.1 Å². The molecule has 0 aromatic carbocycles. The lowest BCUT2D eigenvalue weighted by molar-refractivity contribution is -0.141. The Morgan fingerprint density at radius 3 is 2.33 bits per heavy atom. The van der Waals surface area contributed by atoms with Crippen molar-refractivity contribution in [2.24, 2.45) is 5.92 Å². The fraction of sp³-hybridized carbons (Fsp3) is 0.778. The van der Waals surface area contributed by atoms with Crippen molar-refractivity contribution in [1.29, 1.82) is 0 Å². The summed E-state index contributed by atoms with van der Waals surface area (Å²) in [6, 6.07) is -0.882. The summed E-state index contributed by atoms with van der Waals surface area (Å²) in [6.45, 7) is 1.03. The Kier molecular flexibility index (Phi) is 3.52. The quantitative estimate of drug-likeness (QED) is 0.694. The van der Waals surface area contributed by atoms with Crippen LogP contribution in [0.25, 0.3) is 0 Å². The van der Waals surface area contributed by atoms with Crippen molar-refractivity contribution in [3.8, 4) is 0 Å². The van der Waals surface area contributed by atoms with E-state index in [1.54, 1.807) is 0 Å². The molecule has 1 saturated heterocycles. The van der Waals surface area contributed by atoms with Crippen LogP contribution in [-0.2, 0) is 4.79 Å². The molecule has 0 aliphatic carbocycles. The molecule has 1 fully saturated rings. The molecule has 1 amide bonds. The number of nitrogens with zero attached hydrogens (tertiary/aromatic N) is 2. The third-order valence-corrected chi connectivity index (χ3v) is 2.54. The van der Waals surface area contributed by atoms with Crippen molar-refractivity contribution in [3.63, 3.8) is 0 Å². The summed E-state index contributed by atoms with van der Waals surface area (Å²) in [5, 5.41) is 17.7. The number of aliphatic carboxylic acids is 1. The molecule has 1 aliphatic rings. The van der Waals surface area contributed by atoms with Crippen molar-refractivity contribution < 1.29 is 19.8 Å². The second kappa shape index (κ2) is 4.48. The van der Waals surface area contributed by atoms with Crippen molar-refractivity contribution in [2.45, 2.75) is 12.5 Å². The van der Waals surface area contributed by atoms with E-state index in [0.29, 0.717) is 19.5 Å². The van der Waals surface area contributed by atoms with Gasteiger partial charge < -0.3 is 15.1 Å². The summed E-state index contributed by atoms with van der Waals surface area (Å²) in [4.78, 5) is 24.6.